The molecule has 0 spiro atoms. The standard InChI is InChI=1S/C16H19ClN6O3/c1-3-16-6-23(10-4-9(17)19-7-20-10)11(12(16)24)14(26-16)22-5-8(2)13(18)21-15(22)25/h4-5,7,11-12,14,24H,3,6H2,1-2H3,(H2,18,21,25)/t11-,12+,14-,16+/m1/s1. The van der Waals surface area contributed by atoms with Gasteiger partial charge in [0.2, 0.25) is 0 Å². The molecular formula is C16H19ClN6O3. The maximum atomic E-state index is 12.4. The average Bonchev–Trinajstić information content (AvgIpc) is 3.06. The fourth-order valence-electron chi connectivity index (χ4n) is 3.80. The third-order valence-electron chi connectivity index (χ3n) is 5.27. The van der Waals surface area contributed by atoms with Crippen LogP contribution in [0, 0.1) is 6.92 Å². The molecule has 9 nitrogen and oxygen atoms in total. The van der Waals surface area contributed by atoms with Crippen molar-refractivity contribution in [2.75, 3.05) is 17.2 Å². The zero-order valence-electron chi connectivity index (χ0n) is 14.3. The zero-order valence-corrected chi connectivity index (χ0v) is 15.1. The smallest absolute Gasteiger partial charge is 0.351 e. The van der Waals surface area contributed by atoms with Gasteiger partial charge in [-0.3, -0.25) is 4.57 Å². The number of nitrogens with zero attached hydrogens (tertiary/aromatic N) is 5. The van der Waals surface area contributed by atoms with Gasteiger partial charge in [0, 0.05) is 17.8 Å². The summed E-state index contributed by atoms with van der Waals surface area (Å²) >= 11 is 6.00. The summed E-state index contributed by atoms with van der Waals surface area (Å²) in [4.78, 5) is 26.3. The maximum absolute atomic E-state index is 12.4. The number of aryl methyl sites for hydroxylation is 1. The zero-order chi connectivity index (χ0) is 18.6. The van der Waals surface area contributed by atoms with Crippen LogP contribution in [-0.4, -0.2) is 48.9 Å². The van der Waals surface area contributed by atoms with Crippen LogP contribution < -0.4 is 16.3 Å². The van der Waals surface area contributed by atoms with E-state index in [0.717, 1.165) is 0 Å². The SMILES string of the molecule is CC[C@@]12CN(c3cc(Cl)ncn3)[C@@H]([C@H](n3cc(C)c(N)nc3=O)O1)[C@@H]2O. The Morgan fingerprint density at radius 3 is 2.92 bits per heavy atom. The number of nitrogen functional groups attached to an aromatic ring is 1. The van der Waals surface area contributed by atoms with Crippen LogP contribution in [-0.2, 0) is 4.74 Å². The minimum Gasteiger partial charge on any atom is -0.388 e. The highest BCUT2D eigenvalue weighted by atomic mass is 35.5. The predicted octanol–water partition coefficient (Wildman–Crippen LogP) is 0.505. The quantitative estimate of drug-likeness (QED) is 0.741. The van der Waals surface area contributed by atoms with Crippen molar-refractivity contribution < 1.29 is 9.84 Å². The molecule has 2 aromatic heterocycles. The van der Waals surface area contributed by atoms with E-state index < -0.39 is 29.7 Å². The van der Waals surface area contributed by atoms with E-state index in [4.69, 9.17) is 22.1 Å². The van der Waals surface area contributed by atoms with Gasteiger partial charge in [0.1, 0.15) is 40.9 Å². The molecule has 2 aliphatic rings. The fourth-order valence-corrected chi connectivity index (χ4v) is 3.94. The second-order valence-corrected chi connectivity index (χ2v) is 7.08. The van der Waals surface area contributed by atoms with Crippen LogP contribution in [0.3, 0.4) is 0 Å². The Bertz CT molecular complexity index is 921. The van der Waals surface area contributed by atoms with Gasteiger partial charge in [-0.1, -0.05) is 18.5 Å². The van der Waals surface area contributed by atoms with E-state index in [1.54, 1.807) is 19.2 Å². The van der Waals surface area contributed by atoms with Gasteiger partial charge in [-0.05, 0) is 13.3 Å². The van der Waals surface area contributed by atoms with Gasteiger partial charge in [0.05, 0.1) is 6.54 Å². The second kappa shape index (κ2) is 5.90. The molecule has 4 atom stereocenters. The van der Waals surface area contributed by atoms with Crippen molar-refractivity contribution in [1.82, 2.24) is 19.5 Å². The Morgan fingerprint density at radius 1 is 1.50 bits per heavy atom. The third kappa shape index (κ3) is 2.38. The van der Waals surface area contributed by atoms with Gasteiger partial charge >= 0.3 is 5.69 Å². The first-order valence-electron chi connectivity index (χ1n) is 8.31. The monoisotopic (exact) mass is 378 g/mol. The maximum Gasteiger partial charge on any atom is 0.351 e. The lowest BCUT2D eigenvalue weighted by Crippen LogP contribution is -2.48. The lowest BCUT2D eigenvalue weighted by atomic mass is 9.96. The molecule has 2 bridgehead atoms. The average molecular weight is 379 g/mol. The number of aliphatic hydroxyl groups is 1. The van der Waals surface area contributed by atoms with E-state index in [1.807, 2.05) is 11.8 Å². The summed E-state index contributed by atoms with van der Waals surface area (Å²) in [6.45, 7) is 4.14. The van der Waals surface area contributed by atoms with Gasteiger partial charge in [-0.25, -0.2) is 14.8 Å². The normalized spacial score (nSPS) is 30.2. The van der Waals surface area contributed by atoms with E-state index in [9.17, 15) is 9.90 Å². The number of morpholine rings is 1. The summed E-state index contributed by atoms with van der Waals surface area (Å²) in [7, 11) is 0. The summed E-state index contributed by atoms with van der Waals surface area (Å²) in [5, 5.41) is 11.2. The number of aliphatic hydroxyl groups excluding tert-OH is 1. The Balaban J connectivity index is 1.81. The summed E-state index contributed by atoms with van der Waals surface area (Å²) in [5.74, 6) is 0.755. The lowest BCUT2D eigenvalue weighted by molar-refractivity contribution is -0.106. The van der Waals surface area contributed by atoms with Crippen LogP contribution in [0.1, 0.15) is 25.1 Å². The lowest BCUT2D eigenvalue weighted by Gasteiger charge is -2.37. The molecule has 4 heterocycles. The van der Waals surface area contributed by atoms with E-state index in [-0.39, 0.29) is 5.82 Å². The number of hydrogen-bond donors (Lipinski definition) is 2. The van der Waals surface area contributed by atoms with E-state index in [1.165, 1.54) is 10.9 Å². The molecule has 10 heteroatoms. The van der Waals surface area contributed by atoms with Gasteiger partial charge in [0.15, 0.2) is 6.23 Å². The van der Waals surface area contributed by atoms with Crippen LogP contribution in [0.4, 0.5) is 11.6 Å². The Morgan fingerprint density at radius 2 is 2.27 bits per heavy atom. The fraction of sp³-hybridized carbons (Fsp3) is 0.500. The molecule has 2 aromatic rings. The minimum absolute atomic E-state index is 0.180. The number of halogens is 1. The van der Waals surface area contributed by atoms with Crippen molar-refractivity contribution >= 4 is 23.2 Å². The number of hydrogen-bond acceptors (Lipinski definition) is 8. The van der Waals surface area contributed by atoms with Gasteiger partial charge < -0.3 is 20.5 Å². The molecule has 3 N–H and O–H groups in total. The molecule has 0 unspecified atom stereocenters. The van der Waals surface area contributed by atoms with Crippen LogP contribution >= 0.6 is 11.6 Å². The van der Waals surface area contributed by atoms with Gasteiger partial charge in [-0.2, -0.15) is 4.98 Å². The predicted molar refractivity (Wildman–Crippen MR) is 95.0 cm³/mol. The van der Waals surface area contributed by atoms with Gasteiger partial charge in [0.25, 0.3) is 0 Å². The number of rotatable bonds is 3. The van der Waals surface area contributed by atoms with E-state index in [0.29, 0.717) is 29.5 Å². The Hall–Kier alpha value is -2.23. The summed E-state index contributed by atoms with van der Waals surface area (Å²) in [5.41, 5.74) is 5.05. The van der Waals surface area contributed by atoms with Crippen LogP contribution in [0.5, 0.6) is 0 Å². The molecule has 2 fully saturated rings. The molecule has 0 aliphatic carbocycles. The van der Waals surface area contributed by atoms with Crippen molar-refractivity contribution in [2.24, 2.45) is 0 Å². The number of ether oxygens (including phenoxy) is 1. The number of fused-ring (bicyclic) bond motifs is 2. The first kappa shape index (κ1) is 17.2. The van der Waals surface area contributed by atoms with Crippen LogP contribution in [0.25, 0.3) is 0 Å². The number of nitrogens with two attached hydrogens (primary N) is 1. The highest BCUT2D eigenvalue weighted by Crippen LogP contribution is 2.49. The molecule has 4 rings (SSSR count). The topological polar surface area (TPSA) is 119 Å². The van der Waals surface area contributed by atoms with E-state index >= 15 is 0 Å². The summed E-state index contributed by atoms with van der Waals surface area (Å²) in [6, 6.07) is 1.12. The first-order chi connectivity index (χ1) is 12.4. The van der Waals surface area contributed by atoms with Crippen molar-refractivity contribution in [2.45, 2.75) is 44.2 Å². The molecule has 2 aliphatic heterocycles. The highest BCUT2D eigenvalue weighted by molar-refractivity contribution is 6.29. The van der Waals surface area contributed by atoms with Crippen molar-refractivity contribution in [1.29, 1.82) is 0 Å². The molecule has 26 heavy (non-hydrogen) atoms. The molecule has 0 saturated carbocycles. The first-order valence-corrected chi connectivity index (χ1v) is 8.69. The van der Waals surface area contributed by atoms with Crippen LogP contribution in [0.15, 0.2) is 23.4 Å². The van der Waals surface area contributed by atoms with Crippen molar-refractivity contribution in [3.63, 3.8) is 0 Å². The Labute approximate surface area is 154 Å². The van der Waals surface area contributed by atoms with Crippen molar-refractivity contribution in [3.8, 4) is 0 Å². The summed E-state index contributed by atoms with van der Waals surface area (Å²) < 4.78 is 7.55. The molecule has 2 saturated heterocycles. The number of aromatic nitrogens is 4. The second-order valence-electron chi connectivity index (χ2n) is 6.69. The minimum atomic E-state index is -0.804. The van der Waals surface area contributed by atoms with Gasteiger partial charge in [-0.15, -0.1) is 0 Å². The third-order valence-corrected chi connectivity index (χ3v) is 5.47. The van der Waals surface area contributed by atoms with E-state index in [2.05, 4.69) is 15.0 Å². The molecule has 0 aromatic carbocycles. The van der Waals surface area contributed by atoms with Crippen molar-refractivity contribution in [3.05, 3.63) is 39.8 Å². The summed E-state index contributed by atoms with van der Waals surface area (Å²) in [6.07, 6.45) is 2.04. The molecule has 0 radical (unpaired) electrons. The van der Waals surface area contributed by atoms with Crippen LogP contribution in [0.2, 0.25) is 5.15 Å². The Kier molecular flexibility index (Phi) is 3.90. The molecule has 0 amide bonds. The molecular weight excluding hydrogens is 360 g/mol. The molecule has 138 valence electrons. The highest BCUT2D eigenvalue weighted by Gasteiger charge is 2.63. The largest absolute Gasteiger partial charge is 0.388 e. The number of anilines is 2.